The molecule has 3 nitrogen and oxygen atoms in total. The van der Waals surface area contributed by atoms with Gasteiger partial charge < -0.3 is 14.5 Å². The Morgan fingerprint density at radius 2 is 1.24 bits per heavy atom. The van der Waals surface area contributed by atoms with Gasteiger partial charge in [0.25, 0.3) is 0 Å². The van der Waals surface area contributed by atoms with Crippen LogP contribution in [0.2, 0.25) is 0 Å². The van der Waals surface area contributed by atoms with E-state index >= 15 is 0 Å². The van der Waals surface area contributed by atoms with Crippen molar-refractivity contribution >= 4 is 17.5 Å². The summed E-state index contributed by atoms with van der Waals surface area (Å²) in [5, 5.41) is 0. The smallest absolute Gasteiger partial charge is 0.134 e. The van der Waals surface area contributed by atoms with Crippen molar-refractivity contribution in [2.24, 2.45) is 0 Å². The number of aryl methyl sites for hydroxylation is 6. The molecule has 1 heterocycles. The molecule has 0 spiro atoms. The summed E-state index contributed by atoms with van der Waals surface area (Å²) in [5.74, 6) is 0.957. The molecule has 1 aliphatic rings. The normalized spacial score (nSPS) is 13.9. The van der Waals surface area contributed by atoms with Crippen molar-refractivity contribution in [3.8, 4) is 16.9 Å². The molecule has 0 amide bonds. The lowest BCUT2D eigenvalue weighted by molar-refractivity contribution is 0.318. The van der Waals surface area contributed by atoms with Gasteiger partial charge >= 0.3 is 0 Å². The predicted molar refractivity (Wildman–Crippen MR) is 176 cm³/mol. The van der Waals surface area contributed by atoms with Crippen LogP contribution in [0.1, 0.15) is 52.3 Å². The third-order valence-corrected chi connectivity index (χ3v) is 8.09. The number of para-hydroxylation sites is 1. The highest BCUT2D eigenvalue weighted by Gasteiger charge is 2.33. The van der Waals surface area contributed by atoms with Gasteiger partial charge in [-0.3, -0.25) is 0 Å². The van der Waals surface area contributed by atoms with Crippen molar-refractivity contribution in [3.63, 3.8) is 0 Å². The molecular formula is C38H44N2O. The summed E-state index contributed by atoms with van der Waals surface area (Å²) in [5.41, 5.74) is 14.1. The lowest BCUT2D eigenvalue weighted by atomic mass is 10.0. The second-order valence-electron chi connectivity index (χ2n) is 11.6. The first-order chi connectivity index (χ1) is 19.8. The van der Waals surface area contributed by atoms with Gasteiger partial charge in [-0.05, 0) is 81.9 Å². The zero-order chi connectivity index (χ0) is 29.1. The summed E-state index contributed by atoms with van der Waals surface area (Å²) in [6.45, 7) is 18.2. The molecule has 1 aliphatic heterocycles. The third-order valence-electron chi connectivity index (χ3n) is 8.09. The molecule has 0 radical (unpaired) electrons. The maximum absolute atomic E-state index is 6.43. The highest BCUT2D eigenvalue weighted by Crippen LogP contribution is 2.38. The lowest BCUT2D eigenvalue weighted by Crippen LogP contribution is -2.38. The molecule has 0 N–H and O–H groups in total. The standard InChI is InChI=1S/C38H44N2O/c1-8-21-41-38-33(15-12-16-34(38)32-13-10-9-11-14-32)17-18-35-39(36-28(4)22-26(2)23-29(36)5)19-20-40(35)37-30(6)24-27(3)25-31(37)7/h9-18,22-25,35H,8,19-21H2,1-7H3/b18-17+. The Bertz CT molecular complexity index is 1440. The Kier molecular flexibility index (Phi) is 8.54. The molecule has 1 saturated heterocycles. The third kappa shape index (κ3) is 5.91. The fourth-order valence-electron chi connectivity index (χ4n) is 6.68. The van der Waals surface area contributed by atoms with Crippen LogP contribution in [0.3, 0.4) is 0 Å². The van der Waals surface area contributed by atoms with Crippen LogP contribution >= 0.6 is 0 Å². The Morgan fingerprint density at radius 3 is 1.76 bits per heavy atom. The molecule has 0 aromatic heterocycles. The van der Waals surface area contributed by atoms with Crippen molar-refractivity contribution in [1.82, 2.24) is 0 Å². The Hall–Kier alpha value is -3.98. The summed E-state index contributed by atoms with van der Waals surface area (Å²) in [4.78, 5) is 5.18. The summed E-state index contributed by atoms with van der Waals surface area (Å²) in [6.07, 6.45) is 5.71. The van der Waals surface area contributed by atoms with Crippen molar-refractivity contribution in [1.29, 1.82) is 0 Å². The van der Waals surface area contributed by atoms with Crippen molar-refractivity contribution in [3.05, 3.63) is 118 Å². The van der Waals surface area contributed by atoms with Crippen molar-refractivity contribution in [2.45, 2.75) is 61.1 Å². The molecule has 0 aliphatic carbocycles. The van der Waals surface area contributed by atoms with E-state index in [1.54, 1.807) is 0 Å². The van der Waals surface area contributed by atoms with Crippen LogP contribution in [-0.4, -0.2) is 25.9 Å². The number of ether oxygens (including phenoxy) is 1. The second-order valence-corrected chi connectivity index (χ2v) is 11.6. The monoisotopic (exact) mass is 544 g/mol. The molecule has 3 heteroatoms. The highest BCUT2D eigenvalue weighted by molar-refractivity contribution is 5.77. The van der Waals surface area contributed by atoms with E-state index in [1.807, 2.05) is 0 Å². The molecule has 41 heavy (non-hydrogen) atoms. The van der Waals surface area contributed by atoms with E-state index in [9.17, 15) is 0 Å². The van der Waals surface area contributed by atoms with Gasteiger partial charge in [0.15, 0.2) is 0 Å². The van der Waals surface area contributed by atoms with Gasteiger partial charge in [-0.15, -0.1) is 0 Å². The Balaban J connectivity index is 1.63. The van der Waals surface area contributed by atoms with Crippen LogP contribution in [0.15, 0.2) is 78.9 Å². The van der Waals surface area contributed by atoms with Gasteiger partial charge in [-0.25, -0.2) is 0 Å². The largest absolute Gasteiger partial charge is 0.492 e. The first kappa shape index (κ1) is 28.5. The highest BCUT2D eigenvalue weighted by atomic mass is 16.5. The zero-order valence-corrected chi connectivity index (χ0v) is 25.8. The molecule has 0 atom stereocenters. The molecule has 4 aromatic carbocycles. The van der Waals surface area contributed by atoms with Gasteiger partial charge in [0.1, 0.15) is 11.9 Å². The van der Waals surface area contributed by atoms with Crippen LogP contribution in [0, 0.1) is 41.5 Å². The van der Waals surface area contributed by atoms with Crippen LogP contribution in [0.5, 0.6) is 5.75 Å². The molecule has 0 saturated carbocycles. The minimum Gasteiger partial charge on any atom is -0.492 e. The van der Waals surface area contributed by atoms with Crippen molar-refractivity contribution < 1.29 is 4.74 Å². The van der Waals surface area contributed by atoms with Crippen LogP contribution in [-0.2, 0) is 0 Å². The Morgan fingerprint density at radius 1 is 0.707 bits per heavy atom. The summed E-state index contributed by atoms with van der Waals surface area (Å²) in [6, 6.07) is 26.3. The predicted octanol–water partition coefficient (Wildman–Crippen LogP) is 9.36. The van der Waals surface area contributed by atoms with E-state index in [1.165, 1.54) is 50.3 Å². The lowest BCUT2D eigenvalue weighted by Gasteiger charge is -2.34. The van der Waals surface area contributed by atoms with Crippen LogP contribution in [0.25, 0.3) is 17.2 Å². The number of anilines is 2. The van der Waals surface area contributed by atoms with Gasteiger partial charge in [0.05, 0.1) is 6.61 Å². The first-order valence-electron chi connectivity index (χ1n) is 15.0. The van der Waals surface area contributed by atoms with E-state index in [2.05, 4.69) is 143 Å². The Labute approximate surface area is 247 Å². The molecule has 0 bridgehead atoms. The van der Waals surface area contributed by atoms with E-state index in [-0.39, 0.29) is 6.17 Å². The number of hydrogen-bond acceptors (Lipinski definition) is 3. The van der Waals surface area contributed by atoms with E-state index in [4.69, 9.17) is 4.74 Å². The zero-order valence-electron chi connectivity index (χ0n) is 25.8. The van der Waals surface area contributed by atoms with Crippen molar-refractivity contribution in [2.75, 3.05) is 29.5 Å². The average molecular weight is 545 g/mol. The van der Waals surface area contributed by atoms with Gasteiger partial charge in [-0.1, -0.05) is 96.9 Å². The summed E-state index contributed by atoms with van der Waals surface area (Å²) in [7, 11) is 0. The first-order valence-corrected chi connectivity index (χ1v) is 15.0. The molecule has 212 valence electrons. The molecule has 5 rings (SSSR count). The molecule has 4 aromatic rings. The maximum Gasteiger partial charge on any atom is 0.134 e. The summed E-state index contributed by atoms with van der Waals surface area (Å²) < 4.78 is 6.43. The SMILES string of the molecule is CCCOc1c(/C=C/C2N(c3c(C)cc(C)cc3C)CCN2c2c(C)cc(C)cc2C)cccc1-c1ccccc1. The fourth-order valence-corrected chi connectivity index (χ4v) is 6.68. The van der Waals surface area contributed by atoms with E-state index in [0.29, 0.717) is 6.61 Å². The fraction of sp³-hybridized carbons (Fsp3) is 0.316. The maximum atomic E-state index is 6.43. The quantitative estimate of drug-likeness (QED) is 0.220. The van der Waals surface area contributed by atoms with Crippen LogP contribution < -0.4 is 14.5 Å². The van der Waals surface area contributed by atoms with E-state index < -0.39 is 0 Å². The molecular weight excluding hydrogens is 500 g/mol. The van der Waals surface area contributed by atoms with Gasteiger partial charge in [0.2, 0.25) is 0 Å². The second kappa shape index (κ2) is 12.3. The molecule has 1 fully saturated rings. The van der Waals surface area contributed by atoms with Gasteiger partial charge in [-0.2, -0.15) is 0 Å². The number of rotatable bonds is 8. The topological polar surface area (TPSA) is 15.7 Å². The van der Waals surface area contributed by atoms with Crippen LogP contribution in [0.4, 0.5) is 11.4 Å². The van der Waals surface area contributed by atoms with Gasteiger partial charge in [0, 0.05) is 35.6 Å². The number of benzene rings is 4. The number of nitrogens with zero attached hydrogens (tertiary/aromatic N) is 2. The van der Waals surface area contributed by atoms with E-state index in [0.717, 1.165) is 36.4 Å². The minimum absolute atomic E-state index is 0.0784. The molecule has 0 unspecified atom stereocenters. The average Bonchev–Trinajstić information content (AvgIpc) is 3.32. The number of hydrogen-bond donors (Lipinski definition) is 0. The minimum atomic E-state index is 0.0784. The summed E-state index contributed by atoms with van der Waals surface area (Å²) >= 11 is 0.